The van der Waals surface area contributed by atoms with Crippen molar-refractivity contribution in [1.29, 1.82) is 0 Å². The number of carbonyl (C=O) groups excluding carboxylic acids is 1. The van der Waals surface area contributed by atoms with Crippen LogP contribution in [0.3, 0.4) is 0 Å². The lowest BCUT2D eigenvalue weighted by atomic mass is 10.2. The van der Waals surface area contributed by atoms with Crippen molar-refractivity contribution in [2.75, 3.05) is 18.4 Å². The molecular formula is C18H19FN6O. The summed E-state index contributed by atoms with van der Waals surface area (Å²) in [7, 11) is 0. The summed E-state index contributed by atoms with van der Waals surface area (Å²) in [4.78, 5) is 26.8. The highest BCUT2D eigenvalue weighted by atomic mass is 19.1. The van der Waals surface area contributed by atoms with Crippen molar-refractivity contribution in [2.45, 2.75) is 25.8 Å². The third kappa shape index (κ3) is 3.10. The first kappa shape index (κ1) is 16.4. The largest absolute Gasteiger partial charge is 0.365 e. The van der Waals surface area contributed by atoms with Crippen molar-refractivity contribution in [3.05, 3.63) is 42.6 Å². The maximum absolute atomic E-state index is 13.6. The monoisotopic (exact) mass is 354 g/mol. The highest BCUT2D eigenvalue weighted by molar-refractivity contribution is 5.76. The van der Waals surface area contributed by atoms with E-state index in [2.05, 4.69) is 20.3 Å². The van der Waals surface area contributed by atoms with E-state index in [-0.39, 0.29) is 17.8 Å². The summed E-state index contributed by atoms with van der Waals surface area (Å²) >= 11 is 0. The molecule has 3 aromatic rings. The SMILES string of the molecule is CCC(=O)N1CC[C@@H](Nc2ccnc(-c3cnc4ccc(F)cn34)n2)C1. The van der Waals surface area contributed by atoms with Crippen LogP contribution in [0.2, 0.25) is 0 Å². The zero-order valence-corrected chi connectivity index (χ0v) is 14.4. The van der Waals surface area contributed by atoms with Crippen LogP contribution in [0, 0.1) is 5.82 Å². The zero-order valence-electron chi connectivity index (χ0n) is 14.4. The molecule has 0 unspecified atom stereocenters. The Morgan fingerprint density at radius 1 is 1.35 bits per heavy atom. The molecule has 1 N–H and O–H groups in total. The number of hydrogen-bond acceptors (Lipinski definition) is 5. The van der Waals surface area contributed by atoms with Crippen LogP contribution in [0.15, 0.2) is 36.8 Å². The van der Waals surface area contributed by atoms with E-state index < -0.39 is 0 Å². The van der Waals surface area contributed by atoms with Gasteiger partial charge in [0.05, 0.1) is 6.20 Å². The minimum atomic E-state index is -0.349. The molecule has 0 aromatic carbocycles. The van der Waals surface area contributed by atoms with E-state index in [9.17, 15) is 9.18 Å². The molecule has 4 heterocycles. The minimum Gasteiger partial charge on any atom is -0.365 e. The second-order valence-electron chi connectivity index (χ2n) is 6.31. The third-order valence-corrected chi connectivity index (χ3v) is 4.55. The van der Waals surface area contributed by atoms with Crippen LogP contribution in [0.25, 0.3) is 17.2 Å². The number of anilines is 1. The highest BCUT2D eigenvalue weighted by Gasteiger charge is 2.25. The molecule has 26 heavy (non-hydrogen) atoms. The van der Waals surface area contributed by atoms with Gasteiger partial charge >= 0.3 is 0 Å². The summed E-state index contributed by atoms with van der Waals surface area (Å²) < 4.78 is 15.2. The Morgan fingerprint density at radius 2 is 2.23 bits per heavy atom. The molecule has 1 saturated heterocycles. The first-order valence-corrected chi connectivity index (χ1v) is 8.64. The molecule has 0 radical (unpaired) electrons. The summed E-state index contributed by atoms with van der Waals surface area (Å²) in [5.41, 5.74) is 1.25. The minimum absolute atomic E-state index is 0.160. The van der Waals surface area contributed by atoms with Crippen LogP contribution in [-0.4, -0.2) is 49.3 Å². The zero-order chi connectivity index (χ0) is 18.1. The Hall–Kier alpha value is -3.03. The first-order chi connectivity index (χ1) is 12.6. The van der Waals surface area contributed by atoms with Crippen molar-refractivity contribution in [2.24, 2.45) is 0 Å². The molecule has 0 spiro atoms. The Morgan fingerprint density at radius 3 is 3.08 bits per heavy atom. The van der Waals surface area contributed by atoms with Gasteiger partial charge in [0.1, 0.15) is 23.0 Å². The molecule has 0 bridgehead atoms. The smallest absolute Gasteiger partial charge is 0.222 e. The average molecular weight is 354 g/mol. The number of rotatable bonds is 4. The standard InChI is InChI=1S/C18H19FN6O/c1-2-17(26)24-8-6-13(11-24)22-15-5-7-20-18(23-15)14-9-21-16-4-3-12(19)10-25(14)16/h3-5,7,9-10,13H,2,6,8,11H2,1H3,(H,20,22,23)/t13-/m1/s1. The molecule has 0 saturated carbocycles. The lowest BCUT2D eigenvalue weighted by Crippen LogP contribution is -2.31. The summed E-state index contributed by atoms with van der Waals surface area (Å²) in [6.45, 7) is 3.31. The number of nitrogens with one attached hydrogen (secondary N) is 1. The van der Waals surface area contributed by atoms with Gasteiger partial charge in [-0.15, -0.1) is 0 Å². The molecule has 1 atom stereocenters. The van der Waals surface area contributed by atoms with E-state index in [1.54, 1.807) is 28.9 Å². The number of imidazole rings is 1. The predicted molar refractivity (Wildman–Crippen MR) is 95.1 cm³/mol. The molecule has 1 aliphatic rings. The Bertz CT molecular complexity index is 956. The topological polar surface area (TPSA) is 75.4 Å². The third-order valence-electron chi connectivity index (χ3n) is 4.55. The number of fused-ring (bicyclic) bond motifs is 1. The number of likely N-dealkylation sites (tertiary alicyclic amines) is 1. The number of carbonyl (C=O) groups is 1. The maximum Gasteiger partial charge on any atom is 0.222 e. The Kier molecular flexibility index (Phi) is 4.24. The number of pyridine rings is 1. The van der Waals surface area contributed by atoms with Crippen LogP contribution in [0.4, 0.5) is 10.2 Å². The predicted octanol–water partition coefficient (Wildman–Crippen LogP) is 2.35. The molecule has 4 rings (SSSR count). The van der Waals surface area contributed by atoms with Crippen molar-refractivity contribution < 1.29 is 9.18 Å². The van der Waals surface area contributed by atoms with Gasteiger partial charge < -0.3 is 10.2 Å². The number of aromatic nitrogens is 4. The van der Waals surface area contributed by atoms with E-state index >= 15 is 0 Å². The van der Waals surface area contributed by atoms with Crippen molar-refractivity contribution in [3.8, 4) is 11.5 Å². The summed E-state index contributed by atoms with van der Waals surface area (Å²) in [6.07, 6.45) is 6.06. The van der Waals surface area contributed by atoms with E-state index in [0.717, 1.165) is 13.0 Å². The quantitative estimate of drug-likeness (QED) is 0.778. The van der Waals surface area contributed by atoms with Crippen LogP contribution in [0.5, 0.6) is 0 Å². The Labute approximate surface area is 149 Å². The van der Waals surface area contributed by atoms with Gasteiger partial charge in [0.25, 0.3) is 0 Å². The molecule has 0 aliphatic carbocycles. The van der Waals surface area contributed by atoms with E-state index in [1.165, 1.54) is 12.3 Å². The summed E-state index contributed by atoms with van der Waals surface area (Å²) in [5.74, 6) is 0.966. The molecule has 1 aliphatic heterocycles. The second-order valence-corrected chi connectivity index (χ2v) is 6.31. The van der Waals surface area contributed by atoms with Gasteiger partial charge in [-0.2, -0.15) is 0 Å². The van der Waals surface area contributed by atoms with Crippen molar-refractivity contribution in [3.63, 3.8) is 0 Å². The maximum atomic E-state index is 13.6. The highest BCUT2D eigenvalue weighted by Crippen LogP contribution is 2.20. The van der Waals surface area contributed by atoms with E-state index in [1.807, 2.05) is 11.8 Å². The van der Waals surface area contributed by atoms with E-state index in [0.29, 0.717) is 35.9 Å². The number of hydrogen-bond donors (Lipinski definition) is 1. The number of amides is 1. The van der Waals surface area contributed by atoms with Gasteiger partial charge in [-0.25, -0.2) is 19.3 Å². The van der Waals surface area contributed by atoms with Crippen molar-refractivity contribution >= 4 is 17.4 Å². The summed E-state index contributed by atoms with van der Waals surface area (Å²) in [6, 6.07) is 4.93. The fourth-order valence-corrected chi connectivity index (χ4v) is 3.22. The Balaban J connectivity index is 1.55. The average Bonchev–Trinajstić information content (AvgIpc) is 3.28. The van der Waals surface area contributed by atoms with Gasteiger partial charge in [0.2, 0.25) is 5.91 Å². The summed E-state index contributed by atoms with van der Waals surface area (Å²) in [5, 5.41) is 3.36. The van der Waals surface area contributed by atoms with E-state index in [4.69, 9.17) is 0 Å². The molecular weight excluding hydrogens is 335 g/mol. The van der Waals surface area contributed by atoms with Crippen LogP contribution < -0.4 is 5.32 Å². The normalized spacial score (nSPS) is 17.0. The van der Waals surface area contributed by atoms with Gasteiger partial charge in [0, 0.05) is 37.9 Å². The van der Waals surface area contributed by atoms with Crippen LogP contribution in [0.1, 0.15) is 19.8 Å². The molecule has 8 heteroatoms. The lowest BCUT2D eigenvalue weighted by molar-refractivity contribution is -0.129. The molecule has 1 fully saturated rings. The number of nitrogens with zero attached hydrogens (tertiary/aromatic N) is 5. The molecule has 1 amide bonds. The molecule has 3 aromatic heterocycles. The van der Waals surface area contributed by atoms with Crippen LogP contribution in [-0.2, 0) is 4.79 Å². The fourth-order valence-electron chi connectivity index (χ4n) is 3.22. The lowest BCUT2D eigenvalue weighted by Gasteiger charge is -2.16. The van der Waals surface area contributed by atoms with Crippen molar-refractivity contribution in [1.82, 2.24) is 24.3 Å². The fraction of sp³-hybridized carbons (Fsp3) is 0.333. The second kappa shape index (κ2) is 6.70. The molecule has 134 valence electrons. The van der Waals surface area contributed by atoms with Crippen LogP contribution >= 0.6 is 0 Å². The van der Waals surface area contributed by atoms with Gasteiger partial charge in [0.15, 0.2) is 5.82 Å². The first-order valence-electron chi connectivity index (χ1n) is 8.64. The van der Waals surface area contributed by atoms with Gasteiger partial charge in [-0.1, -0.05) is 6.92 Å². The molecule has 7 nitrogen and oxygen atoms in total. The van der Waals surface area contributed by atoms with Gasteiger partial charge in [-0.05, 0) is 24.6 Å². The van der Waals surface area contributed by atoms with Gasteiger partial charge in [-0.3, -0.25) is 9.20 Å². The number of halogens is 1.